The fourth-order valence-corrected chi connectivity index (χ4v) is 3.08. The second-order valence-electron chi connectivity index (χ2n) is 5.34. The van der Waals surface area contributed by atoms with Crippen molar-refractivity contribution in [2.75, 3.05) is 13.1 Å². The second-order valence-corrected chi connectivity index (χ2v) is 6.15. The van der Waals surface area contributed by atoms with Gasteiger partial charge in [-0.15, -0.1) is 0 Å². The third-order valence-corrected chi connectivity index (χ3v) is 4.38. The van der Waals surface area contributed by atoms with Crippen molar-refractivity contribution in [3.8, 4) is 0 Å². The monoisotopic (exact) mass is 314 g/mol. The minimum atomic E-state index is 0.0229. The minimum Gasteiger partial charge on any atom is -0.353 e. The van der Waals surface area contributed by atoms with Gasteiger partial charge in [-0.3, -0.25) is 4.79 Å². The van der Waals surface area contributed by atoms with Crippen LogP contribution in [-0.4, -0.2) is 25.0 Å². The zero-order valence-electron chi connectivity index (χ0n) is 11.6. The summed E-state index contributed by atoms with van der Waals surface area (Å²) in [5.41, 5.74) is 0.897. The maximum atomic E-state index is 12.2. The first-order valence-electron chi connectivity index (χ1n) is 7.02. The molecule has 2 rings (SSSR count). The molecule has 1 amide bonds. The molecule has 110 valence electrons. The average molecular weight is 315 g/mol. The number of piperidine rings is 1. The molecular weight excluding hydrogens is 295 g/mol. The van der Waals surface area contributed by atoms with E-state index >= 15 is 0 Å². The molecule has 1 unspecified atom stereocenters. The number of amides is 1. The van der Waals surface area contributed by atoms with Gasteiger partial charge in [0.1, 0.15) is 0 Å². The van der Waals surface area contributed by atoms with Crippen molar-refractivity contribution in [1.29, 1.82) is 0 Å². The van der Waals surface area contributed by atoms with Crippen LogP contribution >= 0.6 is 23.2 Å². The molecule has 0 spiro atoms. The molecular formula is C15H20Cl2N2O. The number of hydrogen-bond acceptors (Lipinski definition) is 2. The number of carbonyl (C=O) groups is 1. The standard InChI is InChI=1S/C15H20Cl2N2O/c1-10(9-12-13(16)3-2-4-14(12)17)19-15(20)11-5-7-18-8-6-11/h2-4,10-11,18H,5-9H2,1H3,(H,19,20). The third-order valence-electron chi connectivity index (χ3n) is 3.67. The zero-order valence-corrected chi connectivity index (χ0v) is 13.1. The Bertz CT molecular complexity index is 453. The first kappa shape index (κ1) is 15.6. The molecule has 1 aliphatic rings. The molecule has 20 heavy (non-hydrogen) atoms. The lowest BCUT2D eigenvalue weighted by Crippen LogP contribution is -2.42. The lowest BCUT2D eigenvalue weighted by molar-refractivity contribution is -0.126. The van der Waals surface area contributed by atoms with E-state index in [9.17, 15) is 4.79 Å². The van der Waals surface area contributed by atoms with Gasteiger partial charge in [0.05, 0.1) is 0 Å². The first-order chi connectivity index (χ1) is 9.58. The van der Waals surface area contributed by atoms with E-state index in [4.69, 9.17) is 23.2 Å². The van der Waals surface area contributed by atoms with Gasteiger partial charge in [0.2, 0.25) is 5.91 Å². The predicted molar refractivity (Wildman–Crippen MR) is 83.4 cm³/mol. The number of rotatable bonds is 4. The first-order valence-corrected chi connectivity index (χ1v) is 7.77. The van der Waals surface area contributed by atoms with Crippen molar-refractivity contribution in [2.45, 2.75) is 32.2 Å². The molecule has 2 N–H and O–H groups in total. The maximum absolute atomic E-state index is 12.2. The smallest absolute Gasteiger partial charge is 0.223 e. The predicted octanol–water partition coefficient (Wildman–Crippen LogP) is 3.04. The molecule has 1 saturated heterocycles. The molecule has 0 aromatic heterocycles. The molecule has 1 aliphatic heterocycles. The lowest BCUT2D eigenvalue weighted by Gasteiger charge is -2.24. The molecule has 1 fully saturated rings. The summed E-state index contributed by atoms with van der Waals surface area (Å²) in [6.45, 7) is 3.82. The van der Waals surface area contributed by atoms with E-state index in [1.165, 1.54) is 0 Å². The lowest BCUT2D eigenvalue weighted by atomic mass is 9.96. The molecule has 0 radical (unpaired) electrons. The number of carbonyl (C=O) groups excluding carboxylic acids is 1. The van der Waals surface area contributed by atoms with Gasteiger partial charge in [-0.2, -0.15) is 0 Å². The molecule has 1 aromatic rings. The van der Waals surface area contributed by atoms with E-state index in [-0.39, 0.29) is 17.9 Å². The van der Waals surface area contributed by atoms with Crippen molar-refractivity contribution < 1.29 is 4.79 Å². The summed E-state index contributed by atoms with van der Waals surface area (Å²) < 4.78 is 0. The van der Waals surface area contributed by atoms with Gasteiger partial charge in [-0.05, 0) is 57.0 Å². The summed E-state index contributed by atoms with van der Waals surface area (Å²) in [6.07, 6.45) is 2.46. The quantitative estimate of drug-likeness (QED) is 0.897. The van der Waals surface area contributed by atoms with Crippen molar-refractivity contribution in [1.82, 2.24) is 10.6 Å². The van der Waals surface area contributed by atoms with E-state index < -0.39 is 0 Å². The van der Waals surface area contributed by atoms with Gasteiger partial charge in [-0.1, -0.05) is 29.3 Å². The van der Waals surface area contributed by atoms with E-state index in [2.05, 4.69) is 10.6 Å². The van der Waals surface area contributed by atoms with E-state index in [1.807, 2.05) is 25.1 Å². The van der Waals surface area contributed by atoms with Crippen molar-refractivity contribution in [2.24, 2.45) is 5.92 Å². The summed E-state index contributed by atoms with van der Waals surface area (Å²) in [7, 11) is 0. The van der Waals surface area contributed by atoms with Gasteiger partial charge in [-0.25, -0.2) is 0 Å². The molecule has 0 bridgehead atoms. The molecule has 0 saturated carbocycles. The average Bonchev–Trinajstić information content (AvgIpc) is 2.44. The normalized spacial score (nSPS) is 17.8. The summed E-state index contributed by atoms with van der Waals surface area (Å²) in [4.78, 5) is 12.2. The number of benzene rings is 1. The Hall–Kier alpha value is -0.770. The van der Waals surface area contributed by atoms with Gasteiger partial charge in [0.25, 0.3) is 0 Å². The SMILES string of the molecule is CC(Cc1c(Cl)cccc1Cl)NC(=O)C1CCNCC1. The minimum absolute atomic E-state index is 0.0229. The molecule has 5 heteroatoms. The van der Waals surface area contributed by atoms with Crippen LogP contribution < -0.4 is 10.6 Å². The highest BCUT2D eigenvalue weighted by Crippen LogP contribution is 2.25. The molecule has 0 aliphatic carbocycles. The largest absolute Gasteiger partial charge is 0.353 e. The van der Waals surface area contributed by atoms with Crippen LogP contribution in [0.4, 0.5) is 0 Å². The Morgan fingerprint density at radius 2 is 1.95 bits per heavy atom. The van der Waals surface area contributed by atoms with Crippen molar-refractivity contribution >= 4 is 29.1 Å². The molecule has 1 heterocycles. The Morgan fingerprint density at radius 3 is 2.55 bits per heavy atom. The molecule has 3 nitrogen and oxygen atoms in total. The van der Waals surface area contributed by atoms with Crippen LogP contribution in [0.1, 0.15) is 25.3 Å². The number of hydrogen-bond donors (Lipinski definition) is 2. The van der Waals surface area contributed by atoms with Crippen LogP contribution in [0.25, 0.3) is 0 Å². The molecule has 1 atom stereocenters. The Kier molecular flexibility index (Phi) is 5.70. The summed E-state index contributed by atoms with van der Waals surface area (Å²) in [6, 6.07) is 5.50. The Morgan fingerprint density at radius 1 is 1.35 bits per heavy atom. The summed E-state index contributed by atoms with van der Waals surface area (Å²) >= 11 is 12.3. The third kappa shape index (κ3) is 4.11. The van der Waals surface area contributed by atoms with Gasteiger partial charge < -0.3 is 10.6 Å². The Balaban J connectivity index is 1.91. The highest BCUT2D eigenvalue weighted by atomic mass is 35.5. The zero-order chi connectivity index (χ0) is 14.5. The fraction of sp³-hybridized carbons (Fsp3) is 0.533. The topological polar surface area (TPSA) is 41.1 Å². The van der Waals surface area contributed by atoms with Crippen LogP contribution in [0.5, 0.6) is 0 Å². The van der Waals surface area contributed by atoms with Crippen LogP contribution in [-0.2, 0) is 11.2 Å². The summed E-state index contributed by atoms with van der Waals surface area (Å²) in [5, 5.41) is 7.64. The highest BCUT2D eigenvalue weighted by Gasteiger charge is 2.22. The second kappa shape index (κ2) is 7.30. The van der Waals surface area contributed by atoms with Crippen LogP contribution in [0.2, 0.25) is 10.0 Å². The highest BCUT2D eigenvalue weighted by molar-refractivity contribution is 6.36. The van der Waals surface area contributed by atoms with Crippen LogP contribution in [0.3, 0.4) is 0 Å². The van der Waals surface area contributed by atoms with Crippen molar-refractivity contribution in [3.63, 3.8) is 0 Å². The van der Waals surface area contributed by atoms with Crippen LogP contribution in [0, 0.1) is 5.92 Å². The molecule has 1 aromatic carbocycles. The number of nitrogens with one attached hydrogen (secondary N) is 2. The number of halogens is 2. The van der Waals surface area contributed by atoms with Gasteiger partial charge >= 0.3 is 0 Å². The van der Waals surface area contributed by atoms with E-state index in [0.717, 1.165) is 31.5 Å². The van der Waals surface area contributed by atoms with Gasteiger partial charge in [0.15, 0.2) is 0 Å². The van der Waals surface area contributed by atoms with Crippen LogP contribution in [0.15, 0.2) is 18.2 Å². The van der Waals surface area contributed by atoms with E-state index in [1.54, 1.807) is 0 Å². The Labute approximate surface area is 130 Å². The van der Waals surface area contributed by atoms with E-state index in [0.29, 0.717) is 16.5 Å². The fourth-order valence-electron chi connectivity index (χ4n) is 2.53. The van der Waals surface area contributed by atoms with Gasteiger partial charge in [0, 0.05) is 22.0 Å². The maximum Gasteiger partial charge on any atom is 0.223 e. The summed E-state index contributed by atoms with van der Waals surface area (Å²) in [5.74, 6) is 0.266. The van der Waals surface area contributed by atoms with Crippen molar-refractivity contribution in [3.05, 3.63) is 33.8 Å².